The van der Waals surface area contributed by atoms with Crippen LogP contribution in [0.2, 0.25) is 0 Å². The third kappa shape index (κ3) is 5.96. The predicted octanol–water partition coefficient (Wildman–Crippen LogP) is 2.83. The minimum absolute atomic E-state index is 0.0124. The zero-order valence-corrected chi connectivity index (χ0v) is 16.0. The van der Waals surface area contributed by atoms with E-state index in [-0.39, 0.29) is 16.5 Å². The number of carboxylic acid groups (broad SMARTS) is 1. The Morgan fingerprint density at radius 2 is 1.92 bits per heavy atom. The number of anilines is 1. The molecule has 0 aromatic heterocycles. The molecule has 0 radical (unpaired) electrons. The van der Waals surface area contributed by atoms with Crippen molar-refractivity contribution in [3.05, 3.63) is 23.8 Å². The highest BCUT2D eigenvalue weighted by Gasteiger charge is 2.23. The first kappa shape index (κ1) is 20.7. The van der Waals surface area contributed by atoms with Crippen LogP contribution in [-0.2, 0) is 14.8 Å². The molecular formula is C18H28N2O5S. The molecule has 1 aliphatic carbocycles. The Labute approximate surface area is 155 Å². The number of hydrogen-bond donors (Lipinski definition) is 3. The topological polar surface area (TPSA) is 105 Å². The summed E-state index contributed by atoms with van der Waals surface area (Å²) < 4.78 is 33.0. The van der Waals surface area contributed by atoms with Gasteiger partial charge in [0.15, 0.2) is 0 Å². The summed E-state index contributed by atoms with van der Waals surface area (Å²) in [7, 11) is -2.14. The van der Waals surface area contributed by atoms with E-state index in [4.69, 9.17) is 4.74 Å². The third-order valence-electron chi connectivity index (χ3n) is 4.55. The number of methoxy groups -OCH3 is 1. The van der Waals surface area contributed by atoms with Crippen LogP contribution in [0.15, 0.2) is 23.1 Å². The van der Waals surface area contributed by atoms with E-state index in [0.717, 1.165) is 44.9 Å². The van der Waals surface area contributed by atoms with Crippen LogP contribution in [0.1, 0.15) is 55.3 Å². The van der Waals surface area contributed by atoms with E-state index in [1.165, 1.54) is 18.2 Å². The Morgan fingerprint density at radius 3 is 2.54 bits per heavy atom. The fourth-order valence-electron chi connectivity index (χ4n) is 3.15. The van der Waals surface area contributed by atoms with Crippen LogP contribution in [0, 0.1) is 0 Å². The maximum Gasteiger partial charge on any atom is 0.337 e. The van der Waals surface area contributed by atoms with Crippen molar-refractivity contribution in [3.8, 4) is 0 Å². The molecule has 1 fully saturated rings. The number of ether oxygens (including phenoxy) is 1. The van der Waals surface area contributed by atoms with Gasteiger partial charge in [0.2, 0.25) is 10.0 Å². The normalized spacial score (nSPS) is 16.2. The van der Waals surface area contributed by atoms with Crippen LogP contribution < -0.4 is 10.0 Å². The van der Waals surface area contributed by atoms with Gasteiger partial charge in [-0.15, -0.1) is 0 Å². The van der Waals surface area contributed by atoms with Crippen LogP contribution >= 0.6 is 0 Å². The van der Waals surface area contributed by atoms with E-state index >= 15 is 0 Å². The van der Waals surface area contributed by atoms with E-state index in [1.54, 1.807) is 7.11 Å². The Kier molecular flexibility index (Phi) is 7.86. The van der Waals surface area contributed by atoms with Gasteiger partial charge in [-0.3, -0.25) is 0 Å². The number of nitrogens with one attached hydrogen (secondary N) is 2. The molecule has 0 atom stereocenters. The lowest BCUT2D eigenvalue weighted by Crippen LogP contribution is -2.34. The average molecular weight is 384 g/mol. The van der Waals surface area contributed by atoms with Crippen molar-refractivity contribution in [1.29, 1.82) is 0 Å². The lowest BCUT2D eigenvalue weighted by molar-refractivity contribution is 0.0697. The van der Waals surface area contributed by atoms with Gasteiger partial charge in [0.1, 0.15) is 0 Å². The molecule has 1 aromatic rings. The average Bonchev–Trinajstić information content (AvgIpc) is 2.86. The molecule has 26 heavy (non-hydrogen) atoms. The quantitative estimate of drug-likeness (QED) is 0.447. The van der Waals surface area contributed by atoms with E-state index in [1.807, 2.05) is 0 Å². The number of hydrogen-bond acceptors (Lipinski definition) is 5. The third-order valence-corrected chi connectivity index (χ3v) is 6.07. The minimum Gasteiger partial charge on any atom is -0.478 e. The molecule has 1 aromatic carbocycles. The highest BCUT2D eigenvalue weighted by molar-refractivity contribution is 7.89. The zero-order valence-electron chi connectivity index (χ0n) is 15.2. The van der Waals surface area contributed by atoms with E-state index in [2.05, 4.69) is 10.0 Å². The number of rotatable bonds is 9. The van der Waals surface area contributed by atoms with Crippen molar-refractivity contribution in [1.82, 2.24) is 4.72 Å². The predicted molar refractivity (Wildman–Crippen MR) is 100 cm³/mol. The zero-order chi connectivity index (χ0) is 19.0. The van der Waals surface area contributed by atoms with Gasteiger partial charge in [0.25, 0.3) is 0 Å². The summed E-state index contributed by atoms with van der Waals surface area (Å²) in [6.07, 6.45) is 6.65. The number of aromatic carboxylic acids is 1. The van der Waals surface area contributed by atoms with Gasteiger partial charge in [-0.05, 0) is 37.5 Å². The number of sulfonamides is 1. The summed E-state index contributed by atoms with van der Waals surface area (Å²) in [6, 6.07) is 4.10. The molecule has 8 heteroatoms. The highest BCUT2D eigenvalue weighted by atomic mass is 32.2. The molecule has 0 bridgehead atoms. The van der Waals surface area contributed by atoms with Crippen LogP contribution in [0.4, 0.5) is 5.69 Å². The summed E-state index contributed by atoms with van der Waals surface area (Å²) in [4.78, 5) is 11.5. The Balaban J connectivity index is 2.14. The maximum atomic E-state index is 12.7. The standard InChI is InChI=1S/C18H28N2O5S/c1-25-12-6-11-19-17-10-9-15(13-16(17)18(21)22)26(23,24)20-14-7-4-2-3-5-8-14/h9-10,13-14,19-20H,2-8,11-12H2,1H3,(H,21,22). The summed E-state index contributed by atoms with van der Waals surface area (Å²) >= 11 is 0. The Morgan fingerprint density at radius 1 is 1.23 bits per heavy atom. The number of carbonyl (C=O) groups is 1. The first-order chi connectivity index (χ1) is 12.4. The molecule has 0 saturated heterocycles. The molecule has 0 heterocycles. The van der Waals surface area contributed by atoms with E-state index in [9.17, 15) is 18.3 Å². The molecule has 0 unspecified atom stereocenters. The molecule has 3 N–H and O–H groups in total. The summed E-state index contributed by atoms with van der Waals surface area (Å²) in [6.45, 7) is 1.10. The lowest BCUT2D eigenvalue weighted by Gasteiger charge is -2.17. The molecule has 1 saturated carbocycles. The van der Waals surface area contributed by atoms with E-state index < -0.39 is 16.0 Å². The smallest absolute Gasteiger partial charge is 0.337 e. The van der Waals surface area contributed by atoms with Gasteiger partial charge >= 0.3 is 5.97 Å². The fraction of sp³-hybridized carbons (Fsp3) is 0.611. The van der Waals surface area contributed by atoms with Crippen molar-refractivity contribution in [3.63, 3.8) is 0 Å². The van der Waals surface area contributed by atoms with Gasteiger partial charge in [0, 0.05) is 32.0 Å². The van der Waals surface area contributed by atoms with Crippen molar-refractivity contribution >= 4 is 21.7 Å². The van der Waals surface area contributed by atoms with Gasteiger partial charge in [0.05, 0.1) is 10.5 Å². The van der Waals surface area contributed by atoms with Crippen LogP contribution in [-0.4, -0.2) is 45.8 Å². The largest absolute Gasteiger partial charge is 0.478 e. The van der Waals surface area contributed by atoms with Crippen molar-refractivity contribution in [2.45, 2.75) is 55.9 Å². The Bertz CT molecular complexity index is 698. The second kappa shape index (κ2) is 9.89. The summed E-state index contributed by atoms with van der Waals surface area (Å²) in [5.74, 6) is -1.16. The first-order valence-corrected chi connectivity index (χ1v) is 10.5. The van der Waals surface area contributed by atoms with Gasteiger partial charge in [-0.2, -0.15) is 0 Å². The summed E-state index contributed by atoms with van der Waals surface area (Å²) in [5, 5.41) is 12.5. The molecular weight excluding hydrogens is 356 g/mol. The van der Waals surface area contributed by atoms with Crippen LogP contribution in [0.25, 0.3) is 0 Å². The maximum absolute atomic E-state index is 12.7. The van der Waals surface area contributed by atoms with Crippen molar-refractivity contribution < 1.29 is 23.1 Å². The Hall–Kier alpha value is -1.64. The molecule has 146 valence electrons. The van der Waals surface area contributed by atoms with Gasteiger partial charge in [-0.25, -0.2) is 17.9 Å². The molecule has 0 amide bonds. The second-order valence-corrected chi connectivity index (χ2v) is 8.31. The van der Waals surface area contributed by atoms with Crippen LogP contribution in [0.5, 0.6) is 0 Å². The number of benzene rings is 1. The lowest BCUT2D eigenvalue weighted by atomic mass is 10.1. The molecule has 1 aliphatic rings. The highest BCUT2D eigenvalue weighted by Crippen LogP contribution is 2.23. The summed E-state index contributed by atoms with van der Waals surface area (Å²) in [5.41, 5.74) is 0.355. The monoisotopic (exact) mass is 384 g/mol. The van der Waals surface area contributed by atoms with Crippen molar-refractivity contribution in [2.24, 2.45) is 0 Å². The number of carboxylic acids is 1. The molecule has 2 rings (SSSR count). The molecule has 0 spiro atoms. The van der Waals surface area contributed by atoms with Gasteiger partial charge < -0.3 is 15.2 Å². The fourth-order valence-corrected chi connectivity index (χ4v) is 4.48. The first-order valence-electron chi connectivity index (χ1n) is 9.06. The van der Waals surface area contributed by atoms with Gasteiger partial charge in [-0.1, -0.05) is 25.7 Å². The molecule has 7 nitrogen and oxygen atoms in total. The van der Waals surface area contributed by atoms with Crippen molar-refractivity contribution in [2.75, 3.05) is 25.6 Å². The second-order valence-electron chi connectivity index (χ2n) is 6.60. The van der Waals surface area contributed by atoms with Crippen LogP contribution in [0.3, 0.4) is 0 Å². The molecule has 0 aliphatic heterocycles. The SMILES string of the molecule is COCCCNc1ccc(S(=O)(=O)NC2CCCCCC2)cc1C(=O)O. The minimum atomic E-state index is -3.74. The van der Waals surface area contributed by atoms with E-state index in [0.29, 0.717) is 18.8 Å².